The van der Waals surface area contributed by atoms with E-state index in [1.165, 1.54) is 0 Å². The van der Waals surface area contributed by atoms with E-state index in [4.69, 9.17) is 10.1 Å². The van der Waals surface area contributed by atoms with Crippen LogP contribution in [0.1, 0.15) is 32.0 Å². The van der Waals surface area contributed by atoms with Crippen LogP contribution in [-0.4, -0.2) is 16.2 Å². The van der Waals surface area contributed by atoms with Crippen molar-refractivity contribution in [2.24, 2.45) is 5.16 Å². The van der Waals surface area contributed by atoms with Crippen LogP contribution in [-0.2, 0) is 11.4 Å². The molecule has 2 rings (SSSR count). The summed E-state index contributed by atoms with van der Waals surface area (Å²) in [5, 5.41) is 16.4. The van der Waals surface area contributed by atoms with Gasteiger partial charge in [0.25, 0.3) is 0 Å². The van der Waals surface area contributed by atoms with Crippen LogP contribution in [0.2, 0.25) is 0 Å². The van der Waals surface area contributed by atoms with Crippen molar-refractivity contribution in [1.29, 1.82) is 5.26 Å². The molecule has 0 bridgehead atoms. The number of pyridine rings is 1. The molecular weight excluding hydrogens is 288 g/mol. The van der Waals surface area contributed by atoms with Crippen LogP contribution < -0.4 is 5.32 Å². The van der Waals surface area contributed by atoms with Crippen LogP contribution in [0.25, 0.3) is 0 Å². The number of rotatable bonds is 5. The molecule has 0 amide bonds. The number of aromatic nitrogens is 1. The average molecular weight is 308 g/mol. The van der Waals surface area contributed by atoms with E-state index in [1.807, 2.05) is 54.6 Å². The molecule has 0 radical (unpaired) electrons. The molecule has 1 N–H and O–H groups in total. The molecule has 5 heteroatoms. The highest BCUT2D eigenvalue weighted by Gasteiger charge is 2.10. The van der Waals surface area contributed by atoms with Gasteiger partial charge >= 0.3 is 0 Å². The fourth-order valence-electron chi connectivity index (χ4n) is 1.91. The van der Waals surface area contributed by atoms with Crippen LogP contribution in [0, 0.1) is 11.3 Å². The maximum Gasteiger partial charge on any atom is 0.186 e. The third-order valence-electron chi connectivity index (χ3n) is 2.83. The first-order valence-electron chi connectivity index (χ1n) is 7.37. The fraction of sp³-hybridized carbons (Fsp3) is 0.278. The lowest BCUT2D eigenvalue weighted by Gasteiger charge is -2.21. The molecule has 23 heavy (non-hydrogen) atoms. The zero-order valence-electron chi connectivity index (χ0n) is 13.6. The zero-order chi connectivity index (χ0) is 16.7. The van der Waals surface area contributed by atoms with E-state index in [1.54, 1.807) is 0 Å². The highest BCUT2D eigenvalue weighted by atomic mass is 16.6. The highest BCUT2D eigenvalue weighted by Crippen LogP contribution is 2.13. The number of benzene rings is 1. The molecule has 0 atom stereocenters. The van der Waals surface area contributed by atoms with E-state index in [0.717, 1.165) is 17.1 Å². The lowest BCUT2D eigenvalue weighted by Crippen LogP contribution is -2.26. The topological polar surface area (TPSA) is 70.3 Å². The molecule has 1 aromatic heterocycles. The third-order valence-corrected chi connectivity index (χ3v) is 2.83. The second-order valence-corrected chi connectivity index (χ2v) is 6.08. The normalized spacial score (nSPS) is 11.7. The van der Waals surface area contributed by atoms with E-state index < -0.39 is 0 Å². The first kappa shape index (κ1) is 16.5. The van der Waals surface area contributed by atoms with Gasteiger partial charge < -0.3 is 10.2 Å². The molecule has 0 aliphatic carbocycles. The van der Waals surface area contributed by atoms with Gasteiger partial charge in [-0.15, -0.1) is 0 Å². The van der Waals surface area contributed by atoms with Crippen molar-refractivity contribution in [3.05, 3.63) is 59.8 Å². The molecule has 1 heterocycles. The van der Waals surface area contributed by atoms with Crippen molar-refractivity contribution in [2.45, 2.75) is 32.9 Å². The number of nitrogens with zero attached hydrogens (tertiary/aromatic N) is 3. The summed E-state index contributed by atoms with van der Waals surface area (Å²) < 4.78 is 0. The van der Waals surface area contributed by atoms with Gasteiger partial charge in [-0.1, -0.05) is 41.6 Å². The predicted molar refractivity (Wildman–Crippen MR) is 91.0 cm³/mol. The van der Waals surface area contributed by atoms with E-state index in [2.05, 4.69) is 36.2 Å². The van der Waals surface area contributed by atoms with E-state index in [0.29, 0.717) is 0 Å². The summed E-state index contributed by atoms with van der Waals surface area (Å²) in [6.45, 7) is 6.42. The second-order valence-electron chi connectivity index (χ2n) is 6.08. The summed E-state index contributed by atoms with van der Waals surface area (Å²) in [7, 11) is 0. The Balaban J connectivity index is 2.02. The summed E-state index contributed by atoms with van der Waals surface area (Å²) in [6, 6.07) is 16.9. The van der Waals surface area contributed by atoms with Crippen molar-refractivity contribution in [2.75, 3.05) is 5.32 Å². The molecule has 0 saturated heterocycles. The molecule has 0 saturated carbocycles. The molecule has 5 nitrogen and oxygen atoms in total. The van der Waals surface area contributed by atoms with Crippen molar-refractivity contribution in [3.63, 3.8) is 0 Å². The number of hydrogen-bond acceptors (Lipinski definition) is 5. The average Bonchev–Trinajstić information content (AvgIpc) is 2.51. The van der Waals surface area contributed by atoms with Crippen LogP contribution in [0.5, 0.6) is 0 Å². The van der Waals surface area contributed by atoms with Gasteiger partial charge in [0.05, 0.1) is 5.69 Å². The number of nitriles is 1. The number of hydrogen-bond donors (Lipinski definition) is 1. The van der Waals surface area contributed by atoms with Crippen LogP contribution in [0.3, 0.4) is 0 Å². The SMILES string of the molecule is CC(C)(C)Nc1cccc(CO/N=C(\C#N)c2ccccc2)n1. The van der Waals surface area contributed by atoms with Crippen LogP contribution in [0.15, 0.2) is 53.7 Å². The Labute approximate surface area is 136 Å². The van der Waals surface area contributed by atoms with Crippen LogP contribution >= 0.6 is 0 Å². The van der Waals surface area contributed by atoms with Gasteiger partial charge in [0.15, 0.2) is 12.3 Å². The molecular formula is C18H20N4O. The molecule has 0 spiro atoms. The Kier molecular flexibility index (Phi) is 5.32. The van der Waals surface area contributed by atoms with E-state index in [9.17, 15) is 0 Å². The van der Waals surface area contributed by atoms with Gasteiger partial charge in [0.2, 0.25) is 0 Å². The Bertz CT molecular complexity index is 712. The van der Waals surface area contributed by atoms with Crippen molar-refractivity contribution in [1.82, 2.24) is 4.98 Å². The minimum absolute atomic E-state index is 0.0636. The standard InChI is InChI=1S/C18H20N4O/c1-18(2,3)21-17-11-7-10-15(20-17)13-23-22-16(12-19)14-8-5-4-6-9-14/h4-11H,13H2,1-3H3,(H,20,21)/b22-16+. The monoisotopic (exact) mass is 308 g/mol. The molecule has 0 aliphatic heterocycles. The molecule has 0 aliphatic rings. The van der Waals surface area contributed by atoms with Gasteiger partial charge in [-0.3, -0.25) is 0 Å². The summed E-state index contributed by atoms with van der Waals surface area (Å²) in [6.07, 6.45) is 0. The van der Waals surface area contributed by atoms with Crippen molar-refractivity contribution < 1.29 is 4.84 Å². The van der Waals surface area contributed by atoms with Crippen LogP contribution in [0.4, 0.5) is 5.82 Å². The summed E-state index contributed by atoms with van der Waals surface area (Å²) >= 11 is 0. The van der Waals surface area contributed by atoms with Gasteiger partial charge in [-0.25, -0.2) is 4.98 Å². The van der Waals surface area contributed by atoms with E-state index >= 15 is 0 Å². The van der Waals surface area contributed by atoms with Gasteiger partial charge in [0.1, 0.15) is 11.9 Å². The minimum atomic E-state index is -0.0636. The Morgan fingerprint density at radius 3 is 2.57 bits per heavy atom. The van der Waals surface area contributed by atoms with Gasteiger partial charge in [-0.2, -0.15) is 5.26 Å². The predicted octanol–water partition coefficient (Wildman–Crippen LogP) is 3.74. The number of anilines is 1. The summed E-state index contributed by atoms with van der Waals surface area (Å²) in [5.74, 6) is 0.783. The lowest BCUT2D eigenvalue weighted by molar-refractivity contribution is 0.128. The summed E-state index contributed by atoms with van der Waals surface area (Å²) in [4.78, 5) is 9.75. The second kappa shape index (κ2) is 7.41. The first-order valence-corrected chi connectivity index (χ1v) is 7.37. The molecule has 118 valence electrons. The molecule has 0 fully saturated rings. The van der Waals surface area contributed by atoms with E-state index in [-0.39, 0.29) is 17.9 Å². The fourth-order valence-corrected chi connectivity index (χ4v) is 1.91. The minimum Gasteiger partial charge on any atom is -0.388 e. The largest absolute Gasteiger partial charge is 0.388 e. The smallest absolute Gasteiger partial charge is 0.186 e. The Morgan fingerprint density at radius 1 is 1.17 bits per heavy atom. The van der Waals surface area contributed by atoms with Crippen molar-refractivity contribution in [3.8, 4) is 6.07 Å². The Morgan fingerprint density at radius 2 is 1.91 bits per heavy atom. The summed E-state index contributed by atoms with van der Waals surface area (Å²) in [5.41, 5.74) is 1.65. The Hall–Kier alpha value is -2.87. The highest BCUT2D eigenvalue weighted by molar-refractivity contribution is 6.11. The van der Waals surface area contributed by atoms with Crippen molar-refractivity contribution >= 4 is 11.5 Å². The maximum atomic E-state index is 9.16. The maximum absolute atomic E-state index is 9.16. The van der Waals surface area contributed by atoms with Gasteiger partial charge in [0, 0.05) is 11.1 Å². The quantitative estimate of drug-likeness (QED) is 0.675. The molecule has 1 aromatic carbocycles. The molecule has 2 aromatic rings. The third kappa shape index (κ3) is 5.44. The first-order chi connectivity index (χ1) is 11.0. The lowest BCUT2D eigenvalue weighted by atomic mass is 10.1. The zero-order valence-corrected chi connectivity index (χ0v) is 13.6. The van der Waals surface area contributed by atoms with Gasteiger partial charge in [-0.05, 0) is 32.9 Å². The number of nitrogens with one attached hydrogen (secondary N) is 1. The molecule has 0 unspecified atom stereocenters. The number of oxime groups is 1.